The van der Waals surface area contributed by atoms with E-state index in [1.807, 2.05) is 19.1 Å². The summed E-state index contributed by atoms with van der Waals surface area (Å²) in [6.07, 6.45) is 5.07. The molecule has 36 heavy (non-hydrogen) atoms. The fourth-order valence-corrected chi connectivity index (χ4v) is 4.35. The molecule has 0 atom stereocenters. The van der Waals surface area contributed by atoms with Gasteiger partial charge >= 0.3 is 0 Å². The van der Waals surface area contributed by atoms with Crippen LogP contribution in [-0.4, -0.2) is 36.7 Å². The normalized spacial score (nSPS) is 11.5. The lowest BCUT2D eigenvalue weighted by atomic mass is 10.0. The summed E-state index contributed by atoms with van der Waals surface area (Å²) in [4.78, 5) is 16.6. The Morgan fingerprint density at radius 1 is 0.944 bits per heavy atom. The minimum Gasteiger partial charge on any atom is -0.321 e. The molecule has 3 N–H and O–H groups in total. The topological polar surface area (TPSA) is 95.2 Å². The number of pyridine rings is 2. The van der Waals surface area contributed by atoms with Crippen LogP contribution in [0.5, 0.6) is 0 Å². The lowest BCUT2D eigenvalue weighted by Gasteiger charge is -2.07. The van der Waals surface area contributed by atoms with Crippen LogP contribution < -0.4 is 5.32 Å². The molecule has 4 heterocycles. The van der Waals surface area contributed by atoms with Gasteiger partial charge in [-0.25, -0.2) is 18.7 Å². The summed E-state index contributed by atoms with van der Waals surface area (Å²) in [5.41, 5.74) is 5.68. The molecule has 9 heteroatoms. The van der Waals surface area contributed by atoms with Crippen molar-refractivity contribution in [2.24, 2.45) is 0 Å². The van der Waals surface area contributed by atoms with Crippen molar-refractivity contribution in [2.75, 3.05) is 6.54 Å². The van der Waals surface area contributed by atoms with Gasteiger partial charge in [0, 0.05) is 41.8 Å². The van der Waals surface area contributed by atoms with Crippen LogP contribution in [-0.2, 0) is 6.54 Å². The van der Waals surface area contributed by atoms with Crippen LogP contribution in [0.4, 0.5) is 8.78 Å². The zero-order chi connectivity index (χ0) is 24.6. The molecule has 6 aromatic rings. The molecule has 0 fully saturated rings. The van der Waals surface area contributed by atoms with E-state index < -0.39 is 5.82 Å². The maximum Gasteiger partial charge on any atom is 0.161 e. The van der Waals surface area contributed by atoms with Crippen LogP contribution in [0.1, 0.15) is 12.5 Å². The van der Waals surface area contributed by atoms with Crippen LogP contribution in [0.3, 0.4) is 0 Å². The van der Waals surface area contributed by atoms with E-state index in [1.54, 1.807) is 42.9 Å². The number of halogens is 2. The molecular weight excluding hydrogens is 460 g/mol. The van der Waals surface area contributed by atoms with Gasteiger partial charge in [-0.1, -0.05) is 19.1 Å². The number of H-pyrrole nitrogens is 2. The van der Waals surface area contributed by atoms with Gasteiger partial charge in [-0.15, -0.1) is 0 Å². The molecule has 2 aromatic carbocycles. The van der Waals surface area contributed by atoms with Crippen molar-refractivity contribution in [3.05, 3.63) is 84.3 Å². The van der Waals surface area contributed by atoms with E-state index in [9.17, 15) is 4.39 Å². The molecule has 0 amide bonds. The molecule has 0 saturated carbocycles. The van der Waals surface area contributed by atoms with E-state index in [4.69, 9.17) is 4.98 Å². The number of aromatic amines is 2. The minimum atomic E-state index is -0.411. The average Bonchev–Trinajstić information content (AvgIpc) is 3.53. The van der Waals surface area contributed by atoms with Crippen molar-refractivity contribution in [3.63, 3.8) is 0 Å². The van der Waals surface area contributed by atoms with E-state index in [-0.39, 0.29) is 5.82 Å². The molecule has 178 valence electrons. The molecule has 4 aromatic heterocycles. The molecular formula is C27H21F2N7. The first-order valence-corrected chi connectivity index (χ1v) is 11.5. The van der Waals surface area contributed by atoms with Crippen LogP contribution in [0, 0.1) is 11.6 Å². The second-order valence-corrected chi connectivity index (χ2v) is 8.43. The second kappa shape index (κ2) is 8.94. The quantitative estimate of drug-likeness (QED) is 0.287. The summed E-state index contributed by atoms with van der Waals surface area (Å²) < 4.78 is 29.4. The number of nitrogens with zero attached hydrogens (tertiary/aromatic N) is 4. The lowest BCUT2D eigenvalue weighted by molar-refractivity contribution is 0.628. The van der Waals surface area contributed by atoms with Crippen LogP contribution >= 0.6 is 0 Å². The molecule has 0 aliphatic carbocycles. The number of nitrogens with one attached hydrogen (secondary N) is 3. The zero-order valence-electron chi connectivity index (χ0n) is 19.3. The van der Waals surface area contributed by atoms with Gasteiger partial charge in [0.15, 0.2) is 11.5 Å². The summed E-state index contributed by atoms with van der Waals surface area (Å²) in [6, 6.07) is 13.4. The Kier molecular flexibility index (Phi) is 5.46. The average molecular weight is 482 g/mol. The molecule has 7 nitrogen and oxygen atoms in total. The Bertz CT molecular complexity index is 1700. The largest absolute Gasteiger partial charge is 0.321 e. The minimum absolute atomic E-state index is 0.316. The number of rotatable bonds is 6. The summed E-state index contributed by atoms with van der Waals surface area (Å²) in [7, 11) is 0. The monoisotopic (exact) mass is 481 g/mol. The SMILES string of the molecule is CCNCc1cncc(-c2ccc3[nH]nc(-c4nc5c(-c6ccc(F)cc6)ccnc5[nH]4)c3c2F)c1. The van der Waals surface area contributed by atoms with Gasteiger partial charge in [-0.2, -0.15) is 5.10 Å². The Hall–Kier alpha value is -4.50. The third kappa shape index (κ3) is 3.79. The first kappa shape index (κ1) is 22.0. The van der Waals surface area contributed by atoms with Gasteiger partial charge in [-0.05, 0) is 54.1 Å². The highest BCUT2D eigenvalue weighted by molar-refractivity contribution is 5.98. The Labute approximate surface area is 204 Å². The fraction of sp³-hybridized carbons (Fsp3) is 0.111. The smallest absolute Gasteiger partial charge is 0.161 e. The highest BCUT2D eigenvalue weighted by Gasteiger charge is 2.20. The van der Waals surface area contributed by atoms with E-state index in [2.05, 4.69) is 30.5 Å². The van der Waals surface area contributed by atoms with Crippen molar-refractivity contribution in [2.45, 2.75) is 13.5 Å². The number of hydrogen-bond donors (Lipinski definition) is 3. The first-order chi connectivity index (χ1) is 17.6. The van der Waals surface area contributed by atoms with Gasteiger partial charge in [0.2, 0.25) is 0 Å². The molecule has 0 radical (unpaired) electrons. The Morgan fingerprint density at radius 3 is 2.64 bits per heavy atom. The number of aromatic nitrogens is 6. The Morgan fingerprint density at radius 2 is 1.81 bits per heavy atom. The number of fused-ring (bicyclic) bond motifs is 2. The standard InChI is InChI=1S/C27H21F2N7/c1-2-30-12-15-11-17(14-31-13-15)19-7-8-21-22(23(19)29)25(36-35-21)27-33-24-20(9-10-32-26(24)34-27)16-3-5-18(28)6-4-16/h3-11,13-14,30H,2,12H2,1H3,(H,35,36)(H,32,33,34). The van der Waals surface area contributed by atoms with E-state index in [0.29, 0.717) is 51.3 Å². The van der Waals surface area contributed by atoms with E-state index >= 15 is 4.39 Å². The molecule has 0 aliphatic heterocycles. The van der Waals surface area contributed by atoms with Gasteiger partial charge in [0.1, 0.15) is 22.8 Å². The predicted molar refractivity (Wildman–Crippen MR) is 135 cm³/mol. The molecule has 0 aliphatic rings. The van der Waals surface area contributed by atoms with Crippen molar-refractivity contribution < 1.29 is 8.78 Å². The molecule has 0 spiro atoms. The van der Waals surface area contributed by atoms with Crippen molar-refractivity contribution in [1.29, 1.82) is 0 Å². The van der Waals surface area contributed by atoms with Gasteiger partial charge in [-0.3, -0.25) is 10.1 Å². The molecule has 0 unspecified atom stereocenters. The molecule has 0 saturated heterocycles. The van der Waals surface area contributed by atoms with Crippen LogP contribution in [0.15, 0.2) is 67.1 Å². The summed E-state index contributed by atoms with van der Waals surface area (Å²) in [5, 5.41) is 10.9. The number of benzene rings is 2. The Balaban J connectivity index is 1.47. The molecule has 0 bridgehead atoms. The second-order valence-electron chi connectivity index (χ2n) is 8.43. The third-order valence-corrected chi connectivity index (χ3v) is 6.12. The number of imidazole rings is 1. The first-order valence-electron chi connectivity index (χ1n) is 11.5. The molecule has 6 rings (SSSR count). The maximum absolute atomic E-state index is 16.0. The van der Waals surface area contributed by atoms with Crippen molar-refractivity contribution in [1.82, 2.24) is 35.5 Å². The van der Waals surface area contributed by atoms with Crippen molar-refractivity contribution in [3.8, 4) is 33.8 Å². The third-order valence-electron chi connectivity index (χ3n) is 6.12. The predicted octanol–water partition coefficient (Wildman–Crippen LogP) is 5.62. The van der Waals surface area contributed by atoms with Crippen molar-refractivity contribution >= 4 is 22.1 Å². The summed E-state index contributed by atoms with van der Waals surface area (Å²) in [6.45, 7) is 3.51. The van der Waals surface area contributed by atoms with Crippen LogP contribution in [0.2, 0.25) is 0 Å². The van der Waals surface area contributed by atoms with Gasteiger partial charge < -0.3 is 10.3 Å². The zero-order valence-corrected chi connectivity index (χ0v) is 19.3. The summed E-state index contributed by atoms with van der Waals surface area (Å²) >= 11 is 0. The lowest BCUT2D eigenvalue weighted by Crippen LogP contribution is -2.11. The van der Waals surface area contributed by atoms with E-state index in [0.717, 1.165) is 23.2 Å². The van der Waals surface area contributed by atoms with E-state index in [1.165, 1.54) is 12.1 Å². The highest BCUT2D eigenvalue weighted by Crippen LogP contribution is 2.35. The van der Waals surface area contributed by atoms with Gasteiger partial charge in [0.05, 0.1) is 10.9 Å². The fourth-order valence-electron chi connectivity index (χ4n) is 4.35. The highest BCUT2D eigenvalue weighted by atomic mass is 19.1. The van der Waals surface area contributed by atoms with Gasteiger partial charge in [0.25, 0.3) is 0 Å². The van der Waals surface area contributed by atoms with Crippen LogP contribution in [0.25, 0.3) is 55.8 Å². The maximum atomic E-state index is 16.0. The summed E-state index contributed by atoms with van der Waals surface area (Å²) in [5.74, 6) is -0.345. The number of hydrogen-bond acceptors (Lipinski definition) is 5.